The number of nitrogens with zero attached hydrogens (tertiary/aromatic N) is 1. The molecule has 0 saturated heterocycles. The van der Waals surface area contributed by atoms with Gasteiger partial charge in [-0.1, -0.05) is 24.3 Å². The van der Waals surface area contributed by atoms with Crippen molar-refractivity contribution in [3.63, 3.8) is 0 Å². The monoisotopic (exact) mass is 424 g/mol. The average Bonchev–Trinajstić information content (AvgIpc) is 2.36. The van der Waals surface area contributed by atoms with Crippen LogP contribution in [0.25, 0.3) is 0 Å². The molecule has 0 atom stereocenters. The Morgan fingerprint density at radius 1 is 1.33 bits per heavy atom. The molecular weight excluding hydrogens is 403 g/mol. The molecule has 0 aliphatic rings. The molecule has 0 fully saturated rings. The molecule has 1 aromatic carbocycles. The average molecular weight is 424 g/mol. The Hall–Kier alpha value is -1.13. The van der Waals surface area contributed by atoms with Crippen molar-refractivity contribution in [1.29, 1.82) is 0 Å². The highest BCUT2D eigenvalue weighted by molar-refractivity contribution is 14.0. The summed E-state index contributed by atoms with van der Waals surface area (Å²) in [6, 6.07) is 6.43. The quantitative estimate of drug-likeness (QED) is 0.274. The zero-order chi connectivity index (χ0) is 15.2. The third kappa shape index (κ3) is 8.02. The molecule has 118 valence electrons. The minimum absolute atomic E-state index is 0. The van der Waals surface area contributed by atoms with Crippen LogP contribution < -0.4 is 16.2 Å². The van der Waals surface area contributed by atoms with Crippen molar-refractivity contribution in [3.05, 3.63) is 42.0 Å². The Morgan fingerprint density at radius 3 is 2.38 bits per heavy atom. The number of aliphatic imine (C=N–C) groups is 1. The number of rotatable bonds is 6. The van der Waals surface area contributed by atoms with Crippen LogP contribution in [-0.2, 0) is 16.4 Å². The predicted molar refractivity (Wildman–Crippen MR) is 96.2 cm³/mol. The van der Waals surface area contributed by atoms with Crippen LogP contribution >= 0.6 is 24.0 Å². The lowest BCUT2D eigenvalue weighted by Gasteiger charge is -2.06. The first-order valence-corrected chi connectivity index (χ1v) is 7.63. The standard InChI is InChI=1S/C13H20N4O2S.HI/c1-10(2)9-17-13(14)16-8-7-11-3-5-12(6-4-11)20(15,18)19;/h3-6H,1,7-9H2,2H3,(H3,14,16,17)(H2,15,18,19);1H. The van der Waals surface area contributed by atoms with E-state index < -0.39 is 10.0 Å². The minimum Gasteiger partial charge on any atom is -0.370 e. The second-order valence-corrected chi connectivity index (χ2v) is 6.09. The molecule has 1 rings (SSSR count). The molecule has 0 aromatic heterocycles. The zero-order valence-electron chi connectivity index (χ0n) is 11.9. The Morgan fingerprint density at radius 2 is 1.90 bits per heavy atom. The highest BCUT2D eigenvalue weighted by Crippen LogP contribution is 2.08. The van der Waals surface area contributed by atoms with Crippen molar-refractivity contribution in [3.8, 4) is 0 Å². The highest BCUT2D eigenvalue weighted by Gasteiger charge is 2.06. The smallest absolute Gasteiger partial charge is 0.238 e. The summed E-state index contributed by atoms with van der Waals surface area (Å²) < 4.78 is 22.2. The van der Waals surface area contributed by atoms with Crippen molar-refractivity contribution in [1.82, 2.24) is 5.32 Å². The third-order valence-corrected chi connectivity index (χ3v) is 3.42. The van der Waals surface area contributed by atoms with Gasteiger partial charge in [-0.15, -0.1) is 24.0 Å². The number of hydrogen-bond acceptors (Lipinski definition) is 3. The van der Waals surface area contributed by atoms with E-state index in [4.69, 9.17) is 10.9 Å². The number of primary sulfonamides is 1. The maximum atomic E-state index is 11.1. The van der Waals surface area contributed by atoms with Gasteiger partial charge in [0, 0.05) is 6.54 Å². The van der Waals surface area contributed by atoms with E-state index in [1.807, 2.05) is 6.92 Å². The molecular formula is C13H21IN4O2S. The number of sulfonamides is 1. The lowest BCUT2D eigenvalue weighted by Crippen LogP contribution is -2.33. The fourth-order valence-corrected chi connectivity index (χ4v) is 1.97. The molecule has 0 aliphatic carbocycles. The number of hydrogen-bond donors (Lipinski definition) is 3. The van der Waals surface area contributed by atoms with Crippen LogP contribution in [0, 0.1) is 0 Å². The Kier molecular flexibility index (Phi) is 8.52. The van der Waals surface area contributed by atoms with Gasteiger partial charge in [-0.05, 0) is 31.0 Å². The van der Waals surface area contributed by atoms with Gasteiger partial charge in [0.15, 0.2) is 5.96 Å². The Bertz CT molecular complexity index is 597. The lowest BCUT2D eigenvalue weighted by atomic mass is 10.1. The van der Waals surface area contributed by atoms with Crippen molar-refractivity contribution < 1.29 is 8.42 Å². The van der Waals surface area contributed by atoms with Crippen LogP contribution in [0.2, 0.25) is 0 Å². The van der Waals surface area contributed by atoms with Gasteiger partial charge in [0.1, 0.15) is 0 Å². The van der Waals surface area contributed by atoms with Gasteiger partial charge in [-0.25, -0.2) is 18.5 Å². The van der Waals surface area contributed by atoms with E-state index in [2.05, 4.69) is 16.9 Å². The van der Waals surface area contributed by atoms with Crippen molar-refractivity contribution >= 4 is 40.0 Å². The number of halogens is 1. The van der Waals surface area contributed by atoms with Crippen LogP contribution in [0.3, 0.4) is 0 Å². The predicted octanol–water partition coefficient (Wildman–Crippen LogP) is 0.975. The maximum Gasteiger partial charge on any atom is 0.238 e. The number of nitrogens with two attached hydrogens (primary N) is 2. The summed E-state index contributed by atoms with van der Waals surface area (Å²) in [5.41, 5.74) is 7.59. The largest absolute Gasteiger partial charge is 0.370 e. The molecule has 0 saturated carbocycles. The van der Waals surface area contributed by atoms with E-state index in [9.17, 15) is 8.42 Å². The molecule has 8 heteroatoms. The van der Waals surface area contributed by atoms with Crippen LogP contribution in [-0.4, -0.2) is 27.5 Å². The third-order valence-electron chi connectivity index (χ3n) is 2.49. The fraction of sp³-hybridized carbons (Fsp3) is 0.308. The topological polar surface area (TPSA) is 111 Å². The van der Waals surface area contributed by atoms with Crippen molar-refractivity contribution in [2.45, 2.75) is 18.2 Å². The first kappa shape index (κ1) is 19.9. The van der Waals surface area contributed by atoms with Gasteiger partial charge in [-0.2, -0.15) is 0 Å². The minimum atomic E-state index is -3.63. The summed E-state index contributed by atoms with van der Waals surface area (Å²) in [7, 11) is -3.63. The normalized spacial score (nSPS) is 11.6. The van der Waals surface area contributed by atoms with Gasteiger partial charge in [0.25, 0.3) is 0 Å². The Labute approximate surface area is 142 Å². The summed E-state index contributed by atoms with van der Waals surface area (Å²) >= 11 is 0. The van der Waals surface area contributed by atoms with Gasteiger partial charge >= 0.3 is 0 Å². The van der Waals surface area contributed by atoms with Gasteiger partial charge < -0.3 is 11.1 Å². The molecule has 1 aromatic rings. The first-order chi connectivity index (χ1) is 9.29. The molecule has 0 unspecified atom stereocenters. The zero-order valence-corrected chi connectivity index (χ0v) is 15.0. The number of guanidine groups is 1. The van der Waals surface area contributed by atoms with Gasteiger partial charge in [0.2, 0.25) is 10.0 Å². The van der Waals surface area contributed by atoms with E-state index in [1.54, 1.807) is 12.1 Å². The number of benzene rings is 1. The van der Waals surface area contributed by atoms with Gasteiger partial charge in [0.05, 0.1) is 11.4 Å². The SMILES string of the molecule is C=C(C)CN=C(N)NCCc1ccc(S(N)(=O)=O)cc1.I. The molecule has 0 bridgehead atoms. The summed E-state index contributed by atoms with van der Waals surface area (Å²) in [6.45, 7) is 6.73. The van der Waals surface area contributed by atoms with Crippen LogP contribution in [0.4, 0.5) is 0 Å². The molecule has 6 nitrogen and oxygen atoms in total. The van der Waals surface area contributed by atoms with Gasteiger partial charge in [-0.3, -0.25) is 0 Å². The lowest BCUT2D eigenvalue weighted by molar-refractivity contribution is 0.598. The van der Waals surface area contributed by atoms with E-state index in [-0.39, 0.29) is 28.9 Å². The van der Waals surface area contributed by atoms with E-state index in [0.717, 1.165) is 11.1 Å². The fourth-order valence-electron chi connectivity index (χ4n) is 1.46. The molecule has 21 heavy (non-hydrogen) atoms. The molecule has 0 amide bonds. The number of nitrogens with one attached hydrogen (secondary N) is 1. The molecule has 0 radical (unpaired) electrons. The molecule has 5 N–H and O–H groups in total. The van der Waals surface area contributed by atoms with Crippen molar-refractivity contribution in [2.24, 2.45) is 15.9 Å². The second kappa shape index (κ2) is 9.00. The second-order valence-electron chi connectivity index (χ2n) is 4.52. The highest BCUT2D eigenvalue weighted by atomic mass is 127. The summed E-state index contributed by atoms with van der Waals surface area (Å²) in [5, 5.41) is 8.00. The molecule has 0 aliphatic heterocycles. The first-order valence-electron chi connectivity index (χ1n) is 6.09. The molecule has 0 spiro atoms. The van der Waals surface area contributed by atoms with Crippen LogP contribution in [0.5, 0.6) is 0 Å². The van der Waals surface area contributed by atoms with Crippen LogP contribution in [0.1, 0.15) is 12.5 Å². The van der Waals surface area contributed by atoms with Crippen LogP contribution in [0.15, 0.2) is 46.3 Å². The van der Waals surface area contributed by atoms with E-state index in [0.29, 0.717) is 25.5 Å². The summed E-state index contributed by atoms with van der Waals surface area (Å²) in [4.78, 5) is 4.20. The summed E-state index contributed by atoms with van der Waals surface area (Å²) in [5.74, 6) is 0.370. The molecule has 0 heterocycles. The van der Waals surface area contributed by atoms with E-state index in [1.165, 1.54) is 12.1 Å². The van der Waals surface area contributed by atoms with E-state index >= 15 is 0 Å². The summed E-state index contributed by atoms with van der Waals surface area (Å²) in [6.07, 6.45) is 0.703. The van der Waals surface area contributed by atoms with Crippen molar-refractivity contribution in [2.75, 3.05) is 13.1 Å². The Balaban J connectivity index is 0.00000400. The maximum absolute atomic E-state index is 11.1.